The Morgan fingerprint density at radius 2 is 1.79 bits per heavy atom. The molecule has 1 aromatic carbocycles. The Morgan fingerprint density at radius 1 is 1.11 bits per heavy atom. The summed E-state index contributed by atoms with van der Waals surface area (Å²) in [6, 6.07) is 6.47. The highest BCUT2D eigenvalue weighted by molar-refractivity contribution is 5.75. The van der Waals surface area contributed by atoms with Gasteiger partial charge in [0.05, 0.1) is 17.8 Å². The van der Waals surface area contributed by atoms with Crippen LogP contribution in [0.25, 0.3) is 11.1 Å². The fraction of sp³-hybridized carbons (Fsp3) is 0.500. The zero-order valence-corrected chi connectivity index (χ0v) is 17.9. The van der Waals surface area contributed by atoms with E-state index in [-0.39, 0.29) is 0 Å². The molecule has 0 bridgehead atoms. The first kappa shape index (κ1) is 23.3. The summed E-state index contributed by atoms with van der Waals surface area (Å²) < 4.78 is 1.77. The number of terminal acetylenes is 1. The van der Waals surface area contributed by atoms with Crippen LogP contribution in [0.3, 0.4) is 0 Å². The zero-order chi connectivity index (χ0) is 20.9. The lowest BCUT2D eigenvalue weighted by molar-refractivity contribution is 0.656. The lowest BCUT2D eigenvalue weighted by Crippen LogP contribution is -2.24. The van der Waals surface area contributed by atoms with Crippen LogP contribution in [0.15, 0.2) is 24.5 Å². The third kappa shape index (κ3) is 6.46. The monoisotopic (exact) mass is 378 g/mol. The smallest absolute Gasteiger partial charge is 0.0998 e. The number of hydrogen-bond acceptors (Lipinski definition) is 3. The Kier molecular flexibility index (Phi) is 10.5. The second kappa shape index (κ2) is 12.6. The van der Waals surface area contributed by atoms with Gasteiger partial charge >= 0.3 is 0 Å². The van der Waals surface area contributed by atoms with Gasteiger partial charge in [-0.2, -0.15) is 10.4 Å². The van der Waals surface area contributed by atoms with Crippen LogP contribution < -0.4 is 4.90 Å². The van der Waals surface area contributed by atoms with Crippen LogP contribution in [0.5, 0.6) is 0 Å². The molecular formula is C24H34N4. The van der Waals surface area contributed by atoms with Crippen molar-refractivity contribution in [2.75, 3.05) is 18.5 Å². The maximum Gasteiger partial charge on any atom is 0.0998 e. The van der Waals surface area contributed by atoms with Crippen molar-refractivity contribution in [1.82, 2.24) is 9.78 Å². The van der Waals surface area contributed by atoms with Crippen LogP contribution in [0.2, 0.25) is 0 Å². The van der Waals surface area contributed by atoms with Crippen LogP contribution in [0.1, 0.15) is 63.5 Å². The van der Waals surface area contributed by atoms with E-state index in [1.807, 2.05) is 25.5 Å². The summed E-state index contributed by atoms with van der Waals surface area (Å²) >= 11 is 0. The Balaban J connectivity index is 0.000000372. The number of nitriles is 1. The summed E-state index contributed by atoms with van der Waals surface area (Å²) in [5, 5.41) is 13.6. The van der Waals surface area contributed by atoms with Gasteiger partial charge in [-0.05, 0) is 30.5 Å². The van der Waals surface area contributed by atoms with E-state index in [2.05, 4.69) is 55.9 Å². The van der Waals surface area contributed by atoms with Gasteiger partial charge in [0.1, 0.15) is 0 Å². The van der Waals surface area contributed by atoms with Gasteiger partial charge in [-0.1, -0.05) is 46.0 Å². The molecule has 0 radical (unpaired) electrons. The molecule has 0 spiro atoms. The van der Waals surface area contributed by atoms with E-state index in [0.717, 1.165) is 29.7 Å². The predicted molar refractivity (Wildman–Crippen MR) is 119 cm³/mol. The second-order valence-electron chi connectivity index (χ2n) is 7.13. The van der Waals surface area contributed by atoms with Gasteiger partial charge in [0.25, 0.3) is 0 Å². The quantitative estimate of drug-likeness (QED) is 0.505. The SMILES string of the molecule is C#C.CCCCCCC.CN1CCCc2cc(-c3cnn(C)c3)c(C#N)cc21. The Labute approximate surface area is 171 Å². The molecule has 0 unspecified atom stereocenters. The van der Waals surface area contributed by atoms with Crippen molar-refractivity contribution in [3.8, 4) is 30.0 Å². The van der Waals surface area contributed by atoms with E-state index in [1.54, 1.807) is 4.68 Å². The summed E-state index contributed by atoms with van der Waals surface area (Å²) in [5.74, 6) is 0. The van der Waals surface area contributed by atoms with Crippen molar-refractivity contribution < 1.29 is 0 Å². The van der Waals surface area contributed by atoms with Gasteiger partial charge in [-0.15, -0.1) is 12.8 Å². The average molecular weight is 379 g/mol. The summed E-state index contributed by atoms with van der Waals surface area (Å²) in [7, 11) is 3.98. The molecule has 0 N–H and O–H groups in total. The number of rotatable bonds is 5. The molecule has 2 heterocycles. The molecule has 150 valence electrons. The summed E-state index contributed by atoms with van der Waals surface area (Å²) in [6.45, 7) is 5.55. The highest BCUT2D eigenvalue weighted by Crippen LogP contribution is 2.33. The normalized spacial score (nSPS) is 12.0. The maximum absolute atomic E-state index is 9.38. The zero-order valence-electron chi connectivity index (χ0n) is 17.9. The van der Waals surface area contributed by atoms with E-state index in [9.17, 15) is 5.26 Å². The molecule has 3 rings (SSSR count). The molecule has 0 saturated heterocycles. The third-order valence-electron chi connectivity index (χ3n) is 4.91. The highest BCUT2D eigenvalue weighted by Gasteiger charge is 2.18. The molecule has 1 aliphatic heterocycles. The van der Waals surface area contributed by atoms with Crippen molar-refractivity contribution in [3.05, 3.63) is 35.7 Å². The minimum Gasteiger partial charge on any atom is -0.374 e. The number of nitrogens with zero attached hydrogens (tertiary/aromatic N) is 4. The van der Waals surface area contributed by atoms with Crippen molar-refractivity contribution in [3.63, 3.8) is 0 Å². The molecule has 0 amide bonds. The molecule has 0 aliphatic carbocycles. The molecule has 0 fully saturated rings. The average Bonchev–Trinajstić information content (AvgIpc) is 3.16. The molecule has 4 heteroatoms. The second-order valence-corrected chi connectivity index (χ2v) is 7.13. The fourth-order valence-corrected chi connectivity index (χ4v) is 3.38. The fourth-order valence-electron chi connectivity index (χ4n) is 3.38. The van der Waals surface area contributed by atoms with Crippen molar-refractivity contribution in [1.29, 1.82) is 5.26 Å². The van der Waals surface area contributed by atoms with Crippen LogP contribution in [0.4, 0.5) is 5.69 Å². The van der Waals surface area contributed by atoms with Gasteiger partial charge in [-0.3, -0.25) is 4.68 Å². The van der Waals surface area contributed by atoms with E-state index in [1.165, 1.54) is 49.8 Å². The van der Waals surface area contributed by atoms with Gasteiger partial charge in [0.15, 0.2) is 0 Å². The first-order valence-electron chi connectivity index (χ1n) is 10.2. The number of hydrogen-bond donors (Lipinski definition) is 0. The Bertz CT molecular complexity index is 776. The largest absolute Gasteiger partial charge is 0.374 e. The first-order valence-corrected chi connectivity index (χ1v) is 10.2. The van der Waals surface area contributed by atoms with Crippen LogP contribution >= 0.6 is 0 Å². The number of aromatic nitrogens is 2. The van der Waals surface area contributed by atoms with Gasteiger partial charge in [0, 0.05) is 43.7 Å². The topological polar surface area (TPSA) is 44.9 Å². The maximum atomic E-state index is 9.38. The molecule has 4 nitrogen and oxygen atoms in total. The number of fused-ring (bicyclic) bond motifs is 1. The predicted octanol–water partition coefficient (Wildman–Crippen LogP) is 5.57. The van der Waals surface area contributed by atoms with Crippen LogP contribution in [-0.4, -0.2) is 23.4 Å². The van der Waals surface area contributed by atoms with Gasteiger partial charge < -0.3 is 4.90 Å². The van der Waals surface area contributed by atoms with E-state index in [0.29, 0.717) is 0 Å². The standard InChI is InChI=1S/C15H16N4.C7H16.C2H2/c1-18-5-3-4-11-6-14(12(8-16)7-15(11)18)13-9-17-19(2)10-13;1-3-5-7-6-4-2;1-2/h6-7,9-10H,3-5H2,1-2H3;3-7H2,1-2H3;1-2H. The minimum atomic E-state index is 0.723. The molecule has 1 aliphatic rings. The van der Waals surface area contributed by atoms with Gasteiger partial charge in [-0.25, -0.2) is 0 Å². The molecule has 0 atom stereocenters. The summed E-state index contributed by atoms with van der Waals surface area (Å²) in [6.07, 6.45) is 21.0. The Hall–Kier alpha value is -2.72. The number of anilines is 1. The number of aryl methyl sites for hydroxylation is 2. The molecule has 0 saturated carbocycles. The molecule has 1 aromatic heterocycles. The van der Waals surface area contributed by atoms with Crippen molar-refractivity contribution in [2.45, 2.75) is 58.8 Å². The summed E-state index contributed by atoms with van der Waals surface area (Å²) in [4.78, 5) is 2.23. The summed E-state index contributed by atoms with van der Waals surface area (Å²) in [5.41, 5.74) is 5.24. The highest BCUT2D eigenvalue weighted by atomic mass is 15.2. The van der Waals surface area contributed by atoms with Crippen LogP contribution in [-0.2, 0) is 13.5 Å². The lowest BCUT2D eigenvalue weighted by atomic mass is 9.94. The van der Waals surface area contributed by atoms with Gasteiger partial charge in [0.2, 0.25) is 0 Å². The number of benzene rings is 1. The van der Waals surface area contributed by atoms with Crippen molar-refractivity contribution in [2.24, 2.45) is 7.05 Å². The van der Waals surface area contributed by atoms with E-state index < -0.39 is 0 Å². The van der Waals surface area contributed by atoms with Crippen LogP contribution in [0, 0.1) is 24.2 Å². The molecule has 28 heavy (non-hydrogen) atoms. The molecule has 2 aromatic rings. The molecular weight excluding hydrogens is 344 g/mol. The third-order valence-corrected chi connectivity index (χ3v) is 4.91. The minimum absolute atomic E-state index is 0.723. The van der Waals surface area contributed by atoms with Crippen molar-refractivity contribution >= 4 is 5.69 Å². The van der Waals surface area contributed by atoms with E-state index in [4.69, 9.17) is 0 Å². The first-order chi connectivity index (χ1) is 13.6. The lowest BCUT2D eigenvalue weighted by Gasteiger charge is -2.28. The number of unbranched alkanes of at least 4 members (excludes halogenated alkanes) is 4. The Morgan fingerprint density at radius 3 is 2.32 bits per heavy atom. The van der Waals surface area contributed by atoms with E-state index >= 15 is 0 Å².